The van der Waals surface area contributed by atoms with E-state index >= 15 is 0 Å². The summed E-state index contributed by atoms with van der Waals surface area (Å²) in [6.45, 7) is 3.94. The lowest BCUT2D eigenvalue weighted by atomic mass is 9.98. The van der Waals surface area contributed by atoms with E-state index in [-0.39, 0.29) is 30.4 Å². The second-order valence-corrected chi connectivity index (χ2v) is 14.4. The molecule has 0 aliphatic carbocycles. The average Bonchev–Trinajstić information content (AvgIpc) is 3.71. The number of benzene rings is 3. The first kappa shape index (κ1) is 32.2. The van der Waals surface area contributed by atoms with Gasteiger partial charge in [-0.15, -0.1) is 0 Å². The number of nitrogens with zero attached hydrogens (tertiary/aromatic N) is 4. The summed E-state index contributed by atoms with van der Waals surface area (Å²) < 4.78 is 61.9. The number of hydrogen-bond donors (Lipinski definition) is 0. The molecular formula is C39H31FN4O6S. The molecule has 4 aromatic heterocycles. The Morgan fingerprint density at radius 2 is 1.82 bits per heavy atom. The molecule has 10 nitrogen and oxygen atoms in total. The number of aromatic nitrogens is 3. The predicted octanol–water partition coefficient (Wildman–Crippen LogP) is 8.76. The van der Waals surface area contributed by atoms with E-state index in [0.29, 0.717) is 78.8 Å². The number of furan rings is 1. The molecule has 0 atom stereocenters. The van der Waals surface area contributed by atoms with Crippen LogP contribution in [0.25, 0.3) is 55.8 Å². The van der Waals surface area contributed by atoms with Crippen molar-refractivity contribution in [2.45, 2.75) is 27.0 Å². The van der Waals surface area contributed by atoms with Gasteiger partial charge in [0.1, 0.15) is 34.4 Å². The van der Waals surface area contributed by atoms with Crippen LogP contribution in [0.1, 0.15) is 29.3 Å². The molecule has 1 aliphatic rings. The highest BCUT2D eigenvalue weighted by Crippen LogP contribution is 2.44. The zero-order chi connectivity index (χ0) is 35.6. The number of hydrogen-bond acceptors (Lipinski definition) is 8. The van der Waals surface area contributed by atoms with Crippen molar-refractivity contribution in [3.63, 3.8) is 0 Å². The molecule has 0 unspecified atom stereocenters. The van der Waals surface area contributed by atoms with Crippen LogP contribution in [0.4, 0.5) is 10.1 Å². The minimum atomic E-state index is -3.75. The van der Waals surface area contributed by atoms with E-state index < -0.39 is 10.0 Å². The van der Waals surface area contributed by atoms with E-state index in [2.05, 4.69) is 4.98 Å². The van der Waals surface area contributed by atoms with Crippen LogP contribution in [-0.4, -0.2) is 42.0 Å². The largest absolute Gasteiger partial charge is 0.470 e. The fourth-order valence-electron chi connectivity index (χ4n) is 6.35. The Kier molecular flexibility index (Phi) is 7.64. The number of rotatable bonds is 8. The van der Waals surface area contributed by atoms with Crippen molar-refractivity contribution in [1.29, 1.82) is 0 Å². The van der Waals surface area contributed by atoms with Crippen LogP contribution in [0.5, 0.6) is 17.4 Å². The highest BCUT2D eigenvalue weighted by Gasteiger charge is 2.28. The van der Waals surface area contributed by atoms with E-state index in [4.69, 9.17) is 18.9 Å². The quantitative estimate of drug-likeness (QED) is 0.144. The molecular weight excluding hydrogens is 672 g/mol. The Morgan fingerprint density at radius 1 is 1.02 bits per heavy atom. The monoisotopic (exact) mass is 702 g/mol. The van der Waals surface area contributed by atoms with Crippen LogP contribution in [0.3, 0.4) is 0 Å². The SMILES string of the molecule is CCC(=O)c1c(-c2ccc(Oc3ccc(C)cc3)nc2)oc2cc(N(C)S(C)(=O)=O)c(-c3ccc4c(n3)-c3cc5c(F)cccc5n3CO4)cc12. The Morgan fingerprint density at radius 3 is 2.55 bits per heavy atom. The maximum atomic E-state index is 14.8. The van der Waals surface area contributed by atoms with Gasteiger partial charge in [0.15, 0.2) is 12.5 Å². The number of pyridine rings is 2. The van der Waals surface area contributed by atoms with E-state index in [1.165, 1.54) is 13.1 Å². The van der Waals surface area contributed by atoms with Gasteiger partial charge in [0.05, 0.1) is 34.4 Å². The number of carbonyl (C=O) groups excluding carboxylic acids is 1. The maximum absolute atomic E-state index is 14.8. The Labute approximate surface area is 292 Å². The Bertz CT molecular complexity index is 2630. The molecule has 5 heterocycles. The number of ether oxygens (including phenoxy) is 2. The van der Waals surface area contributed by atoms with Crippen molar-refractivity contribution < 1.29 is 31.5 Å². The molecule has 0 saturated carbocycles. The van der Waals surface area contributed by atoms with E-state index in [1.54, 1.807) is 61.7 Å². The molecule has 0 spiro atoms. The molecule has 256 valence electrons. The first-order valence-corrected chi connectivity index (χ1v) is 18.1. The molecule has 0 fully saturated rings. The summed E-state index contributed by atoms with van der Waals surface area (Å²) in [5.41, 5.74) is 5.25. The highest BCUT2D eigenvalue weighted by molar-refractivity contribution is 7.92. The lowest BCUT2D eigenvalue weighted by molar-refractivity contribution is 0.0989. The van der Waals surface area contributed by atoms with Gasteiger partial charge in [0, 0.05) is 53.7 Å². The zero-order valence-corrected chi connectivity index (χ0v) is 28.9. The molecule has 51 heavy (non-hydrogen) atoms. The van der Waals surface area contributed by atoms with E-state index in [9.17, 15) is 17.6 Å². The van der Waals surface area contributed by atoms with Gasteiger partial charge in [-0.1, -0.05) is 30.7 Å². The predicted molar refractivity (Wildman–Crippen MR) is 193 cm³/mol. The van der Waals surface area contributed by atoms with Crippen LogP contribution in [0.2, 0.25) is 0 Å². The number of carbonyl (C=O) groups is 1. The lowest BCUT2D eigenvalue weighted by Gasteiger charge is -2.23. The summed E-state index contributed by atoms with van der Waals surface area (Å²) in [5, 5.41) is 0.928. The summed E-state index contributed by atoms with van der Waals surface area (Å²) in [6.07, 6.45) is 2.87. The van der Waals surface area contributed by atoms with E-state index in [1.807, 2.05) is 41.8 Å². The normalized spacial score (nSPS) is 12.4. The molecule has 7 aromatic rings. The third-order valence-corrected chi connectivity index (χ3v) is 10.3. The zero-order valence-electron chi connectivity index (χ0n) is 28.1. The minimum absolute atomic E-state index is 0.169. The number of ketones is 1. The fraction of sp³-hybridized carbons (Fsp3) is 0.154. The average molecular weight is 703 g/mol. The van der Waals surface area contributed by atoms with Gasteiger partial charge in [-0.05, 0) is 61.5 Å². The van der Waals surface area contributed by atoms with Gasteiger partial charge in [-0.2, -0.15) is 0 Å². The standard InChI is InChI=1S/C39H31FN4O6S/c1-5-33(45)37-27-17-26(29-14-15-34-38(42-29)32-18-25-28(40)7-6-8-30(25)44(32)21-48-34)31(43(3)51(4,46)47)19-35(27)50-39(37)23-11-16-36(41-20-23)49-24-12-9-22(2)10-13-24/h6-20H,5,21H2,1-4H3. The van der Waals surface area contributed by atoms with Crippen molar-refractivity contribution in [2.24, 2.45) is 0 Å². The van der Waals surface area contributed by atoms with Crippen molar-refractivity contribution in [3.8, 4) is 51.3 Å². The Hall–Kier alpha value is -6.01. The Balaban J connectivity index is 1.29. The molecule has 12 heteroatoms. The minimum Gasteiger partial charge on any atom is -0.470 e. The molecule has 1 aliphatic heterocycles. The summed E-state index contributed by atoms with van der Waals surface area (Å²) >= 11 is 0. The number of anilines is 1. The highest BCUT2D eigenvalue weighted by atomic mass is 32.2. The second-order valence-electron chi connectivity index (χ2n) is 12.4. The van der Waals surface area contributed by atoms with Crippen LogP contribution < -0.4 is 13.8 Å². The van der Waals surface area contributed by atoms with Crippen molar-refractivity contribution in [3.05, 3.63) is 108 Å². The van der Waals surface area contributed by atoms with Gasteiger partial charge in [0.25, 0.3) is 0 Å². The first-order valence-electron chi connectivity index (χ1n) is 16.2. The maximum Gasteiger partial charge on any atom is 0.232 e. The van der Waals surface area contributed by atoms with Crippen LogP contribution in [-0.2, 0) is 16.8 Å². The number of aryl methyl sites for hydroxylation is 1. The summed E-state index contributed by atoms with van der Waals surface area (Å²) in [6, 6.07) is 24.5. The first-order chi connectivity index (χ1) is 24.5. The number of Topliss-reactive ketones (excluding diaryl/α,β-unsaturated/α-hetero) is 1. The molecule has 8 rings (SSSR count). The topological polar surface area (TPSA) is 117 Å². The molecule has 0 bridgehead atoms. The summed E-state index contributed by atoms with van der Waals surface area (Å²) in [5.74, 6) is 1.28. The number of halogens is 1. The fourth-order valence-corrected chi connectivity index (χ4v) is 6.86. The van der Waals surface area contributed by atoms with Gasteiger partial charge in [0.2, 0.25) is 15.9 Å². The van der Waals surface area contributed by atoms with Gasteiger partial charge in [-0.25, -0.2) is 22.8 Å². The summed E-state index contributed by atoms with van der Waals surface area (Å²) in [4.78, 5) is 23.0. The third kappa shape index (κ3) is 5.57. The molecule has 0 amide bonds. The van der Waals surface area contributed by atoms with Crippen molar-refractivity contribution in [2.75, 3.05) is 17.6 Å². The third-order valence-electron chi connectivity index (χ3n) is 9.10. The number of sulfonamides is 1. The van der Waals surface area contributed by atoms with Crippen LogP contribution >= 0.6 is 0 Å². The summed E-state index contributed by atoms with van der Waals surface area (Å²) in [7, 11) is -2.30. The van der Waals surface area contributed by atoms with Crippen LogP contribution in [0.15, 0.2) is 95.5 Å². The van der Waals surface area contributed by atoms with Gasteiger partial charge in [-0.3, -0.25) is 9.10 Å². The second kappa shape index (κ2) is 12.1. The van der Waals surface area contributed by atoms with Crippen LogP contribution in [0, 0.1) is 12.7 Å². The van der Waals surface area contributed by atoms with Gasteiger partial charge < -0.3 is 18.5 Å². The smallest absolute Gasteiger partial charge is 0.232 e. The molecule has 3 aromatic carbocycles. The molecule has 0 radical (unpaired) electrons. The molecule has 0 N–H and O–H groups in total. The van der Waals surface area contributed by atoms with E-state index in [0.717, 1.165) is 16.1 Å². The lowest BCUT2D eigenvalue weighted by Crippen LogP contribution is -2.25. The number of fused-ring (bicyclic) bond motifs is 6. The van der Waals surface area contributed by atoms with Gasteiger partial charge >= 0.3 is 0 Å². The van der Waals surface area contributed by atoms with Crippen molar-refractivity contribution >= 4 is 43.4 Å². The van der Waals surface area contributed by atoms with Crippen molar-refractivity contribution in [1.82, 2.24) is 14.5 Å². The molecule has 0 saturated heterocycles.